The zero-order chi connectivity index (χ0) is 15.1. The Kier molecular flexibility index (Phi) is 6.72. The van der Waals surface area contributed by atoms with E-state index in [0.717, 1.165) is 13.0 Å². The lowest BCUT2D eigenvalue weighted by atomic mass is 9.93. The zero-order valence-corrected chi connectivity index (χ0v) is 13.9. The molecule has 0 aromatic heterocycles. The van der Waals surface area contributed by atoms with E-state index in [9.17, 15) is 0 Å². The molecule has 3 unspecified atom stereocenters. The predicted octanol–water partition coefficient (Wildman–Crippen LogP) is 4.81. The molecule has 0 aliphatic carbocycles. The average molecular weight is 289 g/mol. The molecule has 0 saturated carbocycles. The summed E-state index contributed by atoms with van der Waals surface area (Å²) in [5.74, 6) is 0.655. The SMILES string of the molecule is CCC(C)c1ccc(C(CCC2CCCCO2)NC)cc1. The molecule has 0 bridgehead atoms. The van der Waals surface area contributed by atoms with Gasteiger partial charge in [0.1, 0.15) is 0 Å². The van der Waals surface area contributed by atoms with E-state index in [2.05, 4.69) is 50.5 Å². The van der Waals surface area contributed by atoms with Crippen LogP contribution in [0.4, 0.5) is 0 Å². The van der Waals surface area contributed by atoms with Crippen LogP contribution in [0.15, 0.2) is 24.3 Å². The molecule has 1 aliphatic heterocycles. The Labute approximate surface area is 130 Å². The minimum absolute atomic E-state index is 0.446. The van der Waals surface area contributed by atoms with Crippen molar-refractivity contribution in [3.8, 4) is 0 Å². The van der Waals surface area contributed by atoms with Gasteiger partial charge in [0.05, 0.1) is 6.10 Å². The molecule has 1 saturated heterocycles. The Hall–Kier alpha value is -0.860. The van der Waals surface area contributed by atoms with E-state index < -0.39 is 0 Å². The highest BCUT2D eigenvalue weighted by atomic mass is 16.5. The topological polar surface area (TPSA) is 21.3 Å². The molecule has 2 rings (SSSR count). The van der Waals surface area contributed by atoms with Gasteiger partial charge in [0, 0.05) is 12.6 Å². The summed E-state index contributed by atoms with van der Waals surface area (Å²) >= 11 is 0. The molecule has 1 aliphatic rings. The maximum atomic E-state index is 5.85. The Morgan fingerprint density at radius 1 is 1.19 bits per heavy atom. The molecule has 21 heavy (non-hydrogen) atoms. The number of hydrogen-bond donors (Lipinski definition) is 1. The molecule has 1 aromatic carbocycles. The van der Waals surface area contributed by atoms with Crippen molar-refractivity contribution >= 4 is 0 Å². The number of ether oxygens (including phenoxy) is 1. The number of rotatable bonds is 7. The summed E-state index contributed by atoms with van der Waals surface area (Å²) < 4.78 is 5.85. The number of nitrogens with one attached hydrogen (secondary N) is 1. The van der Waals surface area contributed by atoms with Gasteiger partial charge in [0.2, 0.25) is 0 Å². The van der Waals surface area contributed by atoms with Crippen LogP contribution in [0.2, 0.25) is 0 Å². The molecule has 0 radical (unpaired) electrons. The van der Waals surface area contributed by atoms with E-state index >= 15 is 0 Å². The summed E-state index contributed by atoms with van der Waals surface area (Å²) in [6, 6.07) is 9.63. The third-order valence-corrected chi connectivity index (χ3v) is 4.92. The first kappa shape index (κ1) is 16.5. The summed E-state index contributed by atoms with van der Waals surface area (Å²) in [4.78, 5) is 0. The average Bonchev–Trinajstić information content (AvgIpc) is 2.56. The Morgan fingerprint density at radius 2 is 1.90 bits per heavy atom. The molecule has 1 N–H and O–H groups in total. The fourth-order valence-corrected chi connectivity index (χ4v) is 3.16. The zero-order valence-electron chi connectivity index (χ0n) is 13.9. The highest BCUT2D eigenvalue weighted by Gasteiger charge is 2.17. The van der Waals surface area contributed by atoms with Gasteiger partial charge < -0.3 is 10.1 Å². The summed E-state index contributed by atoms with van der Waals surface area (Å²) in [6.45, 7) is 5.50. The monoisotopic (exact) mass is 289 g/mol. The minimum Gasteiger partial charge on any atom is -0.378 e. The highest BCUT2D eigenvalue weighted by molar-refractivity contribution is 5.27. The van der Waals surface area contributed by atoms with Crippen molar-refractivity contribution in [2.45, 2.75) is 70.4 Å². The van der Waals surface area contributed by atoms with Crippen molar-refractivity contribution in [2.24, 2.45) is 0 Å². The third-order valence-electron chi connectivity index (χ3n) is 4.92. The molecule has 2 heteroatoms. The van der Waals surface area contributed by atoms with Crippen LogP contribution in [0, 0.1) is 0 Å². The normalized spacial score (nSPS) is 22.0. The molecular formula is C19H31NO. The first-order chi connectivity index (χ1) is 10.2. The molecule has 1 aromatic rings. The minimum atomic E-state index is 0.446. The molecule has 1 fully saturated rings. The summed E-state index contributed by atoms with van der Waals surface area (Å²) in [7, 11) is 2.06. The second kappa shape index (κ2) is 8.55. The fraction of sp³-hybridized carbons (Fsp3) is 0.684. The molecule has 1 heterocycles. The number of hydrogen-bond acceptors (Lipinski definition) is 2. The van der Waals surface area contributed by atoms with E-state index in [0.29, 0.717) is 18.1 Å². The lowest BCUT2D eigenvalue weighted by molar-refractivity contribution is 0.00866. The quantitative estimate of drug-likeness (QED) is 0.777. The van der Waals surface area contributed by atoms with Crippen LogP contribution in [0.5, 0.6) is 0 Å². The van der Waals surface area contributed by atoms with Crippen molar-refractivity contribution in [3.63, 3.8) is 0 Å². The van der Waals surface area contributed by atoms with Gasteiger partial charge in [-0.3, -0.25) is 0 Å². The number of benzene rings is 1. The standard InChI is InChI=1S/C19H31NO/c1-4-15(2)16-8-10-17(11-9-16)19(20-3)13-12-18-7-5-6-14-21-18/h8-11,15,18-20H,4-7,12-14H2,1-3H3. The highest BCUT2D eigenvalue weighted by Crippen LogP contribution is 2.25. The summed E-state index contributed by atoms with van der Waals surface area (Å²) in [6.07, 6.45) is 7.82. The van der Waals surface area contributed by atoms with Gasteiger partial charge in [-0.25, -0.2) is 0 Å². The van der Waals surface area contributed by atoms with Crippen LogP contribution in [-0.4, -0.2) is 19.8 Å². The maximum Gasteiger partial charge on any atom is 0.0575 e. The maximum absolute atomic E-state index is 5.85. The van der Waals surface area contributed by atoms with Gasteiger partial charge in [0.25, 0.3) is 0 Å². The van der Waals surface area contributed by atoms with Crippen LogP contribution in [0.3, 0.4) is 0 Å². The van der Waals surface area contributed by atoms with Crippen molar-refractivity contribution in [1.82, 2.24) is 5.32 Å². The molecule has 0 spiro atoms. The smallest absolute Gasteiger partial charge is 0.0575 e. The molecular weight excluding hydrogens is 258 g/mol. The lowest BCUT2D eigenvalue weighted by Crippen LogP contribution is -2.23. The first-order valence-corrected chi connectivity index (χ1v) is 8.63. The van der Waals surface area contributed by atoms with Gasteiger partial charge in [-0.1, -0.05) is 38.1 Å². The van der Waals surface area contributed by atoms with Crippen LogP contribution in [0.1, 0.15) is 75.5 Å². The molecule has 118 valence electrons. The molecule has 3 atom stereocenters. The lowest BCUT2D eigenvalue weighted by Gasteiger charge is -2.25. The predicted molar refractivity (Wildman–Crippen MR) is 89.8 cm³/mol. The Morgan fingerprint density at radius 3 is 2.48 bits per heavy atom. The van der Waals surface area contributed by atoms with E-state index in [1.807, 2.05) is 0 Å². The Balaban J connectivity index is 1.90. The second-order valence-electron chi connectivity index (χ2n) is 6.38. The van der Waals surface area contributed by atoms with Gasteiger partial charge in [-0.15, -0.1) is 0 Å². The van der Waals surface area contributed by atoms with E-state index in [-0.39, 0.29) is 0 Å². The van der Waals surface area contributed by atoms with Crippen molar-refractivity contribution in [2.75, 3.05) is 13.7 Å². The van der Waals surface area contributed by atoms with E-state index in [4.69, 9.17) is 4.74 Å². The van der Waals surface area contributed by atoms with Gasteiger partial charge in [0.15, 0.2) is 0 Å². The fourth-order valence-electron chi connectivity index (χ4n) is 3.16. The van der Waals surface area contributed by atoms with Crippen LogP contribution in [-0.2, 0) is 4.74 Å². The molecule has 0 amide bonds. The van der Waals surface area contributed by atoms with Crippen molar-refractivity contribution in [3.05, 3.63) is 35.4 Å². The molecule has 2 nitrogen and oxygen atoms in total. The van der Waals surface area contributed by atoms with Crippen LogP contribution >= 0.6 is 0 Å². The van der Waals surface area contributed by atoms with Crippen molar-refractivity contribution < 1.29 is 4.74 Å². The Bertz CT molecular complexity index is 395. The van der Waals surface area contributed by atoms with Gasteiger partial charge >= 0.3 is 0 Å². The van der Waals surface area contributed by atoms with Crippen molar-refractivity contribution in [1.29, 1.82) is 0 Å². The second-order valence-corrected chi connectivity index (χ2v) is 6.38. The third kappa shape index (κ3) is 4.82. The van der Waals surface area contributed by atoms with Crippen LogP contribution in [0.25, 0.3) is 0 Å². The summed E-state index contributed by atoms with van der Waals surface area (Å²) in [5, 5.41) is 3.47. The largest absolute Gasteiger partial charge is 0.378 e. The van der Waals surface area contributed by atoms with Crippen LogP contribution < -0.4 is 5.32 Å². The van der Waals surface area contributed by atoms with E-state index in [1.54, 1.807) is 0 Å². The van der Waals surface area contributed by atoms with Gasteiger partial charge in [-0.2, -0.15) is 0 Å². The summed E-state index contributed by atoms with van der Waals surface area (Å²) in [5.41, 5.74) is 2.85. The van der Waals surface area contributed by atoms with E-state index in [1.165, 1.54) is 43.2 Å². The first-order valence-electron chi connectivity index (χ1n) is 8.63. The van der Waals surface area contributed by atoms with Gasteiger partial charge in [-0.05, 0) is 62.6 Å².